The Hall–Kier alpha value is -2.73. The molecule has 0 radical (unpaired) electrons. The molecule has 0 bridgehead atoms. The number of hydrogen-bond donors (Lipinski definition) is 1. The van der Waals surface area contributed by atoms with E-state index in [1.54, 1.807) is 32.4 Å². The molecule has 1 N–H and O–H groups in total. The number of amides is 1. The Kier molecular flexibility index (Phi) is 6.09. The molecule has 6 heteroatoms. The molecule has 5 nitrogen and oxygen atoms in total. The number of nitrogens with one attached hydrogen (secondary N) is 1. The van der Waals surface area contributed by atoms with Gasteiger partial charge in [-0.2, -0.15) is 0 Å². The molecule has 0 aliphatic carbocycles. The van der Waals surface area contributed by atoms with Crippen LogP contribution in [-0.4, -0.2) is 30.4 Å². The average molecular weight is 397 g/mol. The Balaban J connectivity index is 1.76. The van der Waals surface area contributed by atoms with Crippen LogP contribution in [-0.2, 0) is 4.79 Å². The molecule has 1 amide bonds. The zero-order valence-corrected chi connectivity index (χ0v) is 17.5. The summed E-state index contributed by atoms with van der Waals surface area (Å²) in [5.74, 6) is 1.10. The number of anilines is 1. The van der Waals surface area contributed by atoms with E-state index < -0.39 is 0 Å². The molecule has 0 aliphatic heterocycles. The quantitative estimate of drug-likeness (QED) is 0.595. The van der Waals surface area contributed by atoms with Gasteiger partial charge in [0.1, 0.15) is 0 Å². The SMILES string of the molecule is COc1ccc(NC(=O)[C@H](C)Sc2cc(C)c3cccc(C)c3n2)cc1OC. The maximum atomic E-state index is 12.7. The highest BCUT2D eigenvalue weighted by Crippen LogP contribution is 2.31. The number of para-hydroxylation sites is 1. The lowest BCUT2D eigenvalue weighted by molar-refractivity contribution is -0.115. The largest absolute Gasteiger partial charge is 0.493 e. The number of carbonyl (C=O) groups is 1. The zero-order valence-electron chi connectivity index (χ0n) is 16.7. The van der Waals surface area contributed by atoms with E-state index in [4.69, 9.17) is 14.5 Å². The minimum atomic E-state index is -0.304. The summed E-state index contributed by atoms with van der Waals surface area (Å²) in [6, 6.07) is 13.5. The molecule has 3 rings (SSSR count). The van der Waals surface area contributed by atoms with Gasteiger partial charge in [-0.15, -0.1) is 0 Å². The summed E-state index contributed by atoms with van der Waals surface area (Å²) in [6.07, 6.45) is 0. The van der Waals surface area contributed by atoms with Crippen molar-refractivity contribution in [1.82, 2.24) is 4.98 Å². The number of rotatable bonds is 6. The molecule has 1 heterocycles. The number of pyridine rings is 1. The van der Waals surface area contributed by atoms with Crippen molar-refractivity contribution in [3.05, 3.63) is 53.6 Å². The first-order chi connectivity index (χ1) is 13.4. The Morgan fingerprint density at radius 1 is 1.04 bits per heavy atom. The molecule has 0 fully saturated rings. The molecule has 2 aromatic carbocycles. The smallest absolute Gasteiger partial charge is 0.237 e. The summed E-state index contributed by atoms with van der Waals surface area (Å²) in [5.41, 5.74) is 3.93. The predicted molar refractivity (Wildman–Crippen MR) is 115 cm³/mol. The number of benzene rings is 2. The lowest BCUT2D eigenvalue weighted by Gasteiger charge is -2.14. The normalized spacial score (nSPS) is 11.9. The van der Waals surface area contributed by atoms with Crippen molar-refractivity contribution in [2.24, 2.45) is 0 Å². The maximum Gasteiger partial charge on any atom is 0.237 e. The molecular formula is C22H24N2O3S. The summed E-state index contributed by atoms with van der Waals surface area (Å²) < 4.78 is 10.5. The van der Waals surface area contributed by atoms with Gasteiger partial charge in [-0.25, -0.2) is 4.98 Å². The molecule has 0 saturated heterocycles. The van der Waals surface area contributed by atoms with Gasteiger partial charge in [0.15, 0.2) is 11.5 Å². The van der Waals surface area contributed by atoms with Crippen molar-refractivity contribution in [2.75, 3.05) is 19.5 Å². The third-order valence-electron chi connectivity index (χ3n) is 4.54. The first-order valence-corrected chi connectivity index (χ1v) is 9.87. The number of methoxy groups -OCH3 is 2. The molecule has 0 saturated carbocycles. The van der Waals surface area contributed by atoms with Crippen LogP contribution in [0.1, 0.15) is 18.1 Å². The van der Waals surface area contributed by atoms with Crippen LogP contribution in [0.4, 0.5) is 5.69 Å². The molecule has 3 aromatic rings. The van der Waals surface area contributed by atoms with Gasteiger partial charge in [-0.1, -0.05) is 30.0 Å². The van der Waals surface area contributed by atoms with E-state index in [0.717, 1.165) is 27.1 Å². The number of fused-ring (bicyclic) bond motifs is 1. The van der Waals surface area contributed by atoms with Gasteiger partial charge in [0.2, 0.25) is 5.91 Å². The predicted octanol–water partition coefficient (Wildman–Crippen LogP) is 4.99. The molecule has 0 aliphatic rings. The Bertz CT molecular complexity index is 1020. The van der Waals surface area contributed by atoms with Gasteiger partial charge >= 0.3 is 0 Å². The van der Waals surface area contributed by atoms with E-state index in [0.29, 0.717) is 17.2 Å². The van der Waals surface area contributed by atoms with Crippen LogP contribution in [0.3, 0.4) is 0 Å². The highest BCUT2D eigenvalue weighted by Gasteiger charge is 2.17. The topological polar surface area (TPSA) is 60.5 Å². The van der Waals surface area contributed by atoms with Crippen molar-refractivity contribution >= 4 is 34.3 Å². The lowest BCUT2D eigenvalue weighted by Crippen LogP contribution is -2.22. The second kappa shape index (κ2) is 8.52. The van der Waals surface area contributed by atoms with Gasteiger partial charge in [0.25, 0.3) is 0 Å². The van der Waals surface area contributed by atoms with Crippen molar-refractivity contribution in [3.8, 4) is 11.5 Å². The van der Waals surface area contributed by atoms with E-state index in [-0.39, 0.29) is 11.2 Å². The van der Waals surface area contributed by atoms with Crippen molar-refractivity contribution in [2.45, 2.75) is 31.0 Å². The lowest BCUT2D eigenvalue weighted by atomic mass is 10.1. The van der Waals surface area contributed by atoms with E-state index in [2.05, 4.69) is 31.3 Å². The van der Waals surface area contributed by atoms with Crippen molar-refractivity contribution in [3.63, 3.8) is 0 Å². The first-order valence-electron chi connectivity index (χ1n) is 8.99. The minimum absolute atomic E-state index is 0.0958. The average Bonchev–Trinajstić information content (AvgIpc) is 2.68. The van der Waals surface area contributed by atoms with Crippen molar-refractivity contribution < 1.29 is 14.3 Å². The Morgan fingerprint density at radius 3 is 2.50 bits per heavy atom. The van der Waals surface area contributed by atoms with E-state index in [1.165, 1.54) is 11.8 Å². The molecule has 1 aromatic heterocycles. The molecule has 146 valence electrons. The van der Waals surface area contributed by atoms with Crippen LogP contribution in [0.2, 0.25) is 0 Å². The summed E-state index contributed by atoms with van der Waals surface area (Å²) in [6.45, 7) is 6.00. The summed E-state index contributed by atoms with van der Waals surface area (Å²) in [4.78, 5) is 17.4. The van der Waals surface area contributed by atoms with Crippen LogP contribution in [0, 0.1) is 13.8 Å². The molecule has 0 unspecified atom stereocenters. The third-order valence-corrected chi connectivity index (χ3v) is 5.56. The van der Waals surface area contributed by atoms with Gasteiger partial charge < -0.3 is 14.8 Å². The summed E-state index contributed by atoms with van der Waals surface area (Å²) in [7, 11) is 3.15. The number of nitrogens with zero attached hydrogens (tertiary/aromatic N) is 1. The maximum absolute atomic E-state index is 12.7. The monoisotopic (exact) mass is 396 g/mol. The minimum Gasteiger partial charge on any atom is -0.493 e. The van der Waals surface area contributed by atoms with Crippen LogP contribution >= 0.6 is 11.8 Å². The summed E-state index contributed by atoms with van der Waals surface area (Å²) >= 11 is 1.45. The van der Waals surface area contributed by atoms with Gasteiger partial charge in [-0.05, 0) is 50.1 Å². The number of carbonyl (C=O) groups excluding carboxylic acids is 1. The van der Waals surface area contributed by atoms with Gasteiger partial charge in [-0.3, -0.25) is 4.79 Å². The fourth-order valence-corrected chi connectivity index (χ4v) is 3.90. The third kappa shape index (κ3) is 4.22. The summed E-state index contributed by atoms with van der Waals surface area (Å²) in [5, 5.41) is 4.61. The molecule has 28 heavy (non-hydrogen) atoms. The highest BCUT2D eigenvalue weighted by molar-refractivity contribution is 8.00. The second-order valence-corrected chi connectivity index (χ2v) is 7.93. The van der Waals surface area contributed by atoms with Crippen LogP contribution in [0.25, 0.3) is 10.9 Å². The van der Waals surface area contributed by atoms with E-state index >= 15 is 0 Å². The number of thioether (sulfide) groups is 1. The highest BCUT2D eigenvalue weighted by atomic mass is 32.2. The van der Waals surface area contributed by atoms with E-state index in [1.807, 2.05) is 19.1 Å². The fraction of sp³-hybridized carbons (Fsp3) is 0.273. The van der Waals surface area contributed by atoms with Gasteiger partial charge in [0, 0.05) is 17.1 Å². The second-order valence-electron chi connectivity index (χ2n) is 6.57. The van der Waals surface area contributed by atoms with Crippen LogP contribution < -0.4 is 14.8 Å². The Labute approximate surface area is 169 Å². The zero-order chi connectivity index (χ0) is 20.3. The molecular weight excluding hydrogens is 372 g/mol. The van der Waals surface area contributed by atoms with E-state index in [9.17, 15) is 4.79 Å². The number of ether oxygens (including phenoxy) is 2. The number of aromatic nitrogens is 1. The van der Waals surface area contributed by atoms with Crippen LogP contribution in [0.15, 0.2) is 47.5 Å². The molecule has 1 atom stereocenters. The van der Waals surface area contributed by atoms with Crippen LogP contribution in [0.5, 0.6) is 11.5 Å². The molecule has 0 spiro atoms. The number of hydrogen-bond acceptors (Lipinski definition) is 5. The first kappa shape index (κ1) is 20.0. The standard InChI is InChI=1S/C22H24N2O3S/c1-13-7-6-8-17-14(2)11-20(24-21(13)17)28-15(3)22(25)23-16-9-10-18(26-4)19(12-16)27-5/h6-12,15H,1-5H3,(H,23,25)/t15-/m0/s1. The Morgan fingerprint density at radius 2 is 1.79 bits per heavy atom. The fourth-order valence-electron chi connectivity index (χ4n) is 2.98. The van der Waals surface area contributed by atoms with Crippen molar-refractivity contribution in [1.29, 1.82) is 0 Å². The number of aryl methyl sites for hydroxylation is 2. The van der Waals surface area contributed by atoms with Gasteiger partial charge in [0.05, 0.1) is 30.0 Å².